The first-order valence-electron chi connectivity index (χ1n) is 1.76. The van der Waals surface area contributed by atoms with Crippen molar-refractivity contribution in [2.45, 2.75) is 18.0 Å². The third kappa shape index (κ3) is 0.538. The summed E-state index contributed by atoms with van der Waals surface area (Å²) in [6.45, 7) is 0. The van der Waals surface area contributed by atoms with Crippen LogP contribution < -0.4 is 0 Å². The number of hydrogen-bond acceptors (Lipinski definition) is 0. The first-order chi connectivity index (χ1) is 2.63. The molecule has 2 atom stereocenters. The molecule has 1 aliphatic rings. The molecule has 0 heterocycles. The van der Waals surface area contributed by atoms with Crippen LogP contribution in [0.2, 0.25) is 0 Å². The SMILES string of the molecule is FC1(F)CC1P. The minimum atomic E-state index is -2.33. The van der Waals surface area contributed by atoms with Crippen LogP contribution >= 0.6 is 9.24 Å². The van der Waals surface area contributed by atoms with Gasteiger partial charge >= 0.3 is 0 Å². The molecule has 0 aromatic rings. The Hall–Kier alpha value is 0.290. The molecule has 0 aliphatic heterocycles. The Bertz CT molecular complexity index is 71.2. The van der Waals surface area contributed by atoms with Gasteiger partial charge in [-0.25, -0.2) is 8.78 Å². The van der Waals surface area contributed by atoms with E-state index in [0.29, 0.717) is 0 Å². The smallest absolute Gasteiger partial charge is 0.206 e. The minimum Gasteiger partial charge on any atom is -0.206 e. The van der Waals surface area contributed by atoms with Gasteiger partial charge in [-0.05, 0) is 0 Å². The molecule has 2 unspecified atom stereocenters. The molecule has 0 N–H and O–H groups in total. The third-order valence-electron chi connectivity index (χ3n) is 0.874. The van der Waals surface area contributed by atoms with Crippen molar-refractivity contribution in [1.82, 2.24) is 0 Å². The molecular formula is C3H5F2P. The molecule has 0 amide bonds. The Morgan fingerprint density at radius 3 is 1.83 bits per heavy atom. The summed E-state index contributed by atoms with van der Waals surface area (Å²) in [6, 6.07) is 0. The van der Waals surface area contributed by atoms with Crippen molar-refractivity contribution in [3.63, 3.8) is 0 Å². The van der Waals surface area contributed by atoms with Gasteiger partial charge in [0.05, 0.1) is 0 Å². The molecule has 0 saturated heterocycles. The predicted octanol–water partition coefficient (Wildman–Crippen LogP) is 1.27. The van der Waals surface area contributed by atoms with Gasteiger partial charge in [0.1, 0.15) is 0 Å². The number of halogens is 2. The fourth-order valence-electron chi connectivity index (χ4n) is 0.234. The largest absolute Gasteiger partial charge is 0.255 e. The fraction of sp³-hybridized carbons (Fsp3) is 1.00. The van der Waals surface area contributed by atoms with E-state index in [1.807, 2.05) is 0 Å². The van der Waals surface area contributed by atoms with E-state index in [-0.39, 0.29) is 6.42 Å². The maximum Gasteiger partial charge on any atom is 0.255 e. The van der Waals surface area contributed by atoms with E-state index in [0.717, 1.165) is 0 Å². The van der Waals surface area contributed by atoms with Gasteiger partial charge in [-0.1, -0.05) is 0 Å². The molecule has 36 valence electrons. The summed E-state index contributed by atoms with van der Waals surface area (Å²) in [6.07, 6.45) is 0.0671. The Morgan fingerprint density at radius 1 is 1.67 bits per heavy atom. The zero-order valence-corrected chi connectivity index (χ0v) is 4.27. The summed E-state index contributed by atoms with van der Waals surface area (Å²) in [5.41, 5.74) is -0.419. The molecule has 1 fully saturated rings. The first-order valence-corrected chi connectivity index (χ1v) is 2.43. The van der Waals surface area contributed by atoms with Gasteiger partial charge in [0, 0.05) is 12.1 Å². The van der Waals surface area contributed by atoms with E-state index >= 15 is 0 Å². The maximum absolute atomic E-state index is 11.5. The molecule has 0 radical (unpaired) electrons. The van der Waals surface area contributed by atoms with Gasteiger partial charge in [0.25, 0.3) is 5.92 Å². The molecule has 0 spiro atoms. The molecule has 1 aliphatic carbocycles. The molecule has 0 bridgehead atoms. The van der Waals surface area contributed by atoms with E-state index in [1.165, 1.54) is 0 Å². The minimum absolute atomic E-state index is 0.0671. The topological polar surface area (TPSA) is 0 Å². The average Bonchev–Trinajstić information content (AvgIpc) is 1.73. The standard InChI is InChI=1S/C3H5F2P/c4-3(5)1-2(3)6/h2H,1,6H2. The Balaban J connectivity index is 2.41. The Morgan fingerprint density at radius 2 is 1.83 bits per heavy atom. The average molecular weight is 110 g/mol. The summed E-state index contributed by atoms with van der Waals surface area (Å²) in [4.78, 5) is 0. The second-order valence-electron chi connectivity index (χ2n) is 1.57. The van der Waals surface area contributed by atoms with Crippen LogP contribution in [0, 0.1) is 0 Å². The molecule has 0 nitrogen and oxygen atoms in total. The molecule has 0 aromatic carbocycles. The van der Waals surface area contributed by atoms with Crippen LogP contribution in [0.25, 0.3) is 0 Å². The molecule has 1 saturated carbocycles. The van der Waals surface area contributed by atoms with Crippen molar-refractivity contribution in [2.24, 2.45) is 0 Å². The lowest BCUT2D eigenvalue weighted by atomic mass is 10.8. The lowest BCUT2D eigenvalue weighted by Crippen LogP contribution is -1.88. The van der Waals surface area contributed by atoms with Crippen molar-refractivity contribution in [3.05, 3.63) is 0 Å². The van der Waals surface area contributed by atoms with Crippen molar-refractivity contribution in [1.29, 1.82) is 0 Å². The second kappa shape index (κ2) is 0.919. The Labute approximate surface area is 37.1 Å². The highest BCUT2D eigenvalue weighted by Gasteiger charge is 2.53. The molecule has 6 heavy (non-hydrogen) atoms. The van der Waals surface area contributed by atoms with Crippen molar-refractivity contribution in [2.75, 3.05) is 0 Å². The monoisotopic (exact) mass is 110 g/mol. The third-order valence-corrected chi connectivity index (χ3v) is 1.60. The van der Waals surface area contributed by atoms with Gasteiger partial charge < -0.3 is 0 Å². The van der Waals surface area contributed by atoms with Crippen LogP contribution in [-0.2, 0) is 0 Å². The first kappa shape index (κ1) is 4.45. The highest BCUT2D eigenvalue weighted by molar-refractivity contribution is 7.18. The molecule has 1 rings (SSSR count). The van der Waals surface area contributed by atoms with Crippen LogP contribution in [0.4, 0.5) is 8.78 Å². The van der Waals surface area contributed by atoms with Gasteiger partial charge in [0.2, 0.25) is 0 Å². The van der Waals surface area contributed by atoms with Crippen LogP contribution in [-0.4, -0.2) is 11.6 Å². The highest BCUT2D eigenvalue weighted by Crippen LogP contribution is 2.47. The predicted molar refractivity (Wildman–Crippen MR) is 23.1 cm³/mol. The molecular weight excluding hydrogens is 105 g/mol. The summed E-state index contributed by atoms with van der Waals surface area (Å²) in [5, 5.41) is 0. The Kier molecular flexibility index (Phi) is 0.682. The van der Waals surface area contributed by atoms with Gasteiger partial charge in [0.15, 0.2) is 0 Å². The van der Waals surface area contributed by atoms with Crippen LogP contribution in [0.5, 0.6) is 0 Å². The van der Waals surface area contributed by atoms with Gasteiger partial charge in [-0.2, -0.15) is 0 Å². The van der Waals surface area contributed by atoms with E-state index in [1.54, 1.807) is 0 Å². The van der Waals surface area contributed by atoms with Crippen molar-refractivity contribution in [3.8, 4) is 0 Å². The lowest BCUT2D eigenvalue weighted by Gasteiger charge is -1.82. The summed E-state index contributed by atoms with van der Waals surface area (Å²) in [5.74, 6) is -2.33. The van der Waals surface area contributed by atoms with Crippen molar-refractivity contribution < 1.29 is 8.78 Å². The van der Waals surface area contributed by atoms with Crippen LogP contribution in [0.3, 0.4) is 0 Å². The number of rotatable bonds is 0. The second-order valence-corrected chi connectivity index (χ2v) is 2.38. The summed E-state index contributed by atoms with van der Waals surface area (Å²) in [7, 11) is 2.09. The normalized spacial score (nSPS) is 39.5. The van der Waals surface area contributed by atoms with E-state index in [4.69, 9.17) is 0 Å². The van der Waals surface area contributed by atoms with Gasteiger partial charge in [-0.15, -0.1) is 9.24 Å². The van der Waals surface area contributed by atoms with Crippen molar-refractivity contribution >= 4 is 9.24 Å². The lowest BCUT2D eigenvalue weighted by molar-refractivity contribution is 0.122. The molecule has 0 aromatic heterocycles. The van der Waals surface area contributed by atoms with E-state index in [2.05, 4.69) is 9.24 Å². The zero-order valence-electron chi connectivity index (χ0n) is 3.12. The fourth-order valence-corrected chi connectivity index (χ4v) is 0.549. The van der Waals surface area contributed by atoms with Crippen LogP contribution in [0.1, 0.15) is 6.42 Å². The molecule has 3 heteroatoms. The number of alkyl halides is 2. The number of hydrogen-bond donors (Lipinski definition) is 0. The summed E-state index contributed by atoms with van der Waals surface area (Å²) < 4.78 is 23.0. The van der Waals surface area contributed by atoms with E-state index in [9.17, 15) is 8.78 Å². The van der Waals surface area contributed by atoms with Crippen LogP contribution in [0.15, 0.2) is 0 Å². The van der Waals surface area contributed by atoms with E-state index < -0.39 is 11.6 Å². The zero-order chi connectivity index (χ0) is 4.78. The quantitative estimate of drug-likeness (QED) is 0.412. The summed E-state index contributed by atoms with van der Waals surface area (Å²) >= 11 is 0. The highest BCUT2D eigenvalue weighted by atomic mass is 31.0. The van der Waals surface area contributed by atoms with Gasteiger partial charge in [-0.3, -0.25) is 0 Å². The maximum atomic E-state index is 11.5.